The topological polar surface area (TPSA) is 361 Å². The molecule has 7 N–H and O–H groups in total. The van der Waals surface area contributed by atoms with Crippen LogP contribution in [0.4, 0.5) is 28.4 Å². The van der Waals surface area contributed by atoms with Gasteiger partial charge in [0.1, 0.15) is 0 Å². The smallest absolute Gasteiger partial charge is 0.305 e. The van der Waals surface area contributed by atoms with E-state index >= 15 is 0 Å². The number of amides is 1. The van der Waals surface area contributed by atoms with Crippen LogP contribution in [-0.4, -0.2) is 169 Å². The SMILES string of the molecule is CCOC(=O)CCCCCCNC1c2ccccc2N(C)S(=O)(=O)c2cc(C)ccc21.CCOC(=O)CCCCCCNC1c2ccccc2S(=O)(=O)N(C)c2c(C)cccc21.COCCCNC1c2ccccc2N(C)S(=O)(=O)c2cc(C)ccc21.COCCCNC1c2ccccc2S(=O)(=O)N(C)c2c(C)cccc21.Cc1ccc2c(c1)S(=O)(=O)N(C)c1ccccc1C2NCCCCCCC(N)=O. The number of hydrogen-bond donors (Lipinski definition) is 6. The molecule has 0 fully saturated rings. The number of esters is 2. The van der Waals surface area contributed by atoms with Crippen molar-refractivity contribution in [3.05, 3.63) is 296 Å². The Bertz CT molecular complexity index is 6570. The maximum atomic E-state index is 13.3. The highest BCUT2D eigenvalue weighted by molar-refractivity contribution is 7.94. The van der Waals surface area contributed by atoms with Crippen LogP contribution in [0.1, 0.15) is 237 Å². The number of unbranched alkanes of at least 4 members (excludes halogenated alkanes) is 9. The molecule has 0 aliphatic carbocycles. The first-order chi connectivity index (χ1) is 67.5. The Balaban J connectivity index is 0.000000169. The summed E-state index contributed by atoms with van der Waals surface area (Å²) < 4.78 is 159. The fourth-order valence-electron chi connectivity index (χ4n) is 18.7. The van der Waals surface area contributed by atoms with E-state index in [2.05, 4.69) is 26.6 Å². The molecule has 0 aromatic heterocycles. The molecule has 0 spiro atoms. The summed E-state index contributed by atoms with van der Waals surface area (Å²) in [6.45, 7) is 19.2. The summed E-state index contributed by atoms with van der Waals surface area (Å²) >= 11 is 0. The van der Waals surface area contributed by atoms with Gasteiger partial charge in [-0.15, -0.1) is 0 Å². The van der Waals surface area contributed by atoms with Crippen molar-refractivity contribution in [2.75, 3.05) is 130 Å². The number of anilines is 5. The number of sulfonamides is 5. The molecule has 0 radical (unpaired) electrons. The highest BCUT2D eigenvalue weighted by atomic mass is 32.2. The maximum absolute atomic E-state index is 13.3. The van der Waals surface area contributed by atoms with Crippen LogP contribution < -0.4 is 53.8 Å². The molecule has 28 nitrogen and oxygen atoms in total. The molecule has 760 valence electrons. The number of nitrogens with two attached hydrogens (primary N) is 1. The minimum Gasteiger partial charge on any atom is -0.466 e. The minimum atomic E-state index is -3.63. The molecular weight excluding hydrogens is 1880 g/mol. The number of benzene rings is 10. The predicted octanol–water partition coefficient (Wildman–Crippen LogP) is 17.6. The average molecular weight is 2030 g/mol. The van der Waals surface area contributed by atoms with Gasteiger partial charge < -0.3 is 51.3 Å². The monoisotopic (exact) mass is 2020 g/mol. The Morgan fingerprint density at radius 2 is 0.546 bits per heavy atom. The van der Waals surface area contributed by atoms with Gasteiger partial charge >= 0.3 is 11.9 Å². The van der Waals surface area contributed by atoms with Gasteiger partial charge in [-0.2, -0.15) is 0 Å². The molecule has 5 unspecified atom stereocenters. The summed E-state index contributed by atoms with van der Waals surface area (Å²) in [6.07, 6.45) is 14.3. The number of methoxy groups -OCH3 is 2. The van der Waals surface area contributed by atoms with Crippen molar-refractivity contribution in [1.29, 1.82) is 0 Å². The Morgan fingerprint density at radius 1 is 0.291 bits per heavy atom. The summed E-state index contributed by atoms with van der Waals surface area (Å²) in [4.78, 5) is 35.5. The summed E-state index contributed by atoms with van der Waals surface area (Å²) in [5.74, 6) is -0.517. The highest BCUT2D eigenvalue weighted by Gasteiger charge is 2.41. The molecule has 5 aliphatic heterocycles. The van der Waals surface area contributed by atoms with E-state index in [4.69, 9.17) is 24.7 Å². The number of hydrogen-bond acceptors (Lipinski definition) is 22. The lowest BCUT2D eigenvalue weighted by atomic mass is 9.95. The number of ether oxygens (including phenoxy) is 4. The second kappa shape index (κ2) is 51.3. The third kappa shape index (κ3) is 26.8. The fourth-order valence-corrected chi connectivity index (χ4v) is 26.3. The average Bonchev–Trinajstić information content (AvgIpc) is 1.63. The van der Waals surface area contributed by atoms with E-state index in [1.165, 1.54) is 21.5 Å². The van der Waals surface area contributed by atoms with E-state index in [0.29, 0.717) is 87.2 Å². The van der Waals surface area contributed by atoms with Crippen LogP contribution in [-0.2, 0) is 83.4 Å². The first-order valence-corrected chi connectivity index (χ1v) is 55.8. The first kappa shape index (κ1) is 110. The van der Waals surface area contributed by atoms with Gasteiger partial charge in [-0.1, -0.05) is 202 Å². The number of carbonyl (C=O) groups excluding carboxylic acids is 3. The van der Waals surface area contributed by atoms with Gasteiger partial charge in [0, 0.05) is 81.9 Å². The number of carbonyl (C=O) groups is 3. The molecule has 33 heteroatoms. The number of aryl methyl sites for hydroxylation is 5. The van der Waals surface area contributed by atoms with Gasteiger partial charge in [0.15, 0.2) is 0 Å². The Labute approximate surface area is 836 Å². The number of nitrogens with one attached hydrogen (secondary N) is 5. The molecule has 141 heavy (non-hydrogen) atoms. The fraction of sp³-hybridized carbons (Fsp3) is 0.417. The lowest BCUT2D eigenvalue weighted by Crippen LogP contribution is -2.27. The normalized spacial score (nSPS) is 17.5. The Kier molecular flexibility index (Phi) is 40.2. The number of rotatable bonds is 36. The molecule has 0 bridgehead atoms. The third-order valence-corrected chi connectivity index (χ3v) is 35.2. The first-order valence-electron chi connectivity index (χ1n) is 48.6. The number of nitrogens with zero attached hydrogens (tertiary/aromatic N) is 5. The summed E-state index contributed by atoms with van der Waals surface area (Å²) in [5, 5.41) is 17.8. The second-order valence-corrected chi connectivity index (χ2v) is 45.6. The lowest BCUT2D eigenvalue weighted by molar-refractivity contribution is -0.144. The Hall–Kier alpha value is -10.9. The largest absolute Gasteiger partial charge is 0.466 e. The Morgan fingerprint density at radius 3 is 0.851 bits per heavy atom. The van der Waals surface area contributed by atoms with Crippen molar-refractivity contribution in [3.63, 3.8) is 0 Å². The minimum absolute atomic E-state index is 0.131. The van der Waals surface area contributed by atoms with Crippen molar-refractivity contribution in [1.82, 2.24) is 26.6 Å². The van der Waals surface area contributed by atoms with Crippen LogP contribution in [0.25, 0.3) is 0 Å². The lowest BCUT2D eigenvalue weighted by Gasteiger charge is -2.24. The molecule has 10 aromatic rings. The number of primary amides is 1. The number of fused-ring (bicyclic) bond motifs is 10. The van der Waals surface area contributed by atoms with Crippen molar-refractivity contribution in [3.8, 4) is 0 Å². The van der Waals surface area contributed by atoms with E-state index in [1.807, 2.05) is 218 Å². The highest BCUT2D eigenvalue weighted by Crippen LogP contribution is 2.47. The van der Waals surface area contributed by atoms with E-state index in [0.717, 1.165) is 217 Å². The zero-order valence-corrected chi connectivity index (χ0v) is 87.9. The van der Waals surface area contributed by atoms with Crippen molar-refractivity contribution in [2.24, 2.45) is 5.73 Å². The van der Waals surface area contributed by atoms with E-state index in [1.54, 1.807) is 91.9 Å². The molecule has 15 rings (SSSR count). The summed E-state index contributed by atoms with van der Waals surface area (Å²) in [7, 11) is -6.61. The van der Waals surface area contributed by atoms with Crippen LogP contribution in [0, 0.1) is 34.6 Å². The van der Waals surface area contributed by atoms with Gasteiger partial charge in [-0.3, -0.25) is 35.9 Å². The van der Waals surface area contributed by atoms with Crippen molar-refractivity contribution in [2.45, 2.75) is 212 Å². The predicted molar refractivity (Wildman–Crippen MR) is 560 cm³/mol. The zero-order chi connectivity index (χ0) is 102. The second-order valence-electron chi connectivity index (χ2n) is 36.0. The standard InChI is InChI=1S/2C24H32N2O4S.C22H29N3O3S.2C19H24N2O3S/c1-4-30-22(27)16-7-5-6-10-17-25-23-19-13-8-9-15-21(19)31(28,29)26(3)24-18(2)12-11-14-20(23)24;1-4-30-23(27)13-7-5-6-10-16-25-24-19-11-8-9-12-21(19)26(3)31(28,29)22-17-18(2)14-15-20(22)24;1-16-12-13-18-20(15-16)29(27,28)25(2)19-10-7-6-9-17(19)22(18)24-14-8-4-3-5-11-21(23)26;1-14-8-6-10-16-18(20-12-7-13-24-3)15-9-4-5-11-17(15)25(22,23)21(2)19(14)16;1-14-9-10-16-18(13-14)25(22,23)21(2)17-8-5-4-7-15(17)19(16)20-11-6-12-24-3/h8-9,11-15,23,25H,4-7,10,16-17H2,1-3H3;8-9,11-12,14-15,17,24-25H,4-7,10,13,16H2,1-3H3;6-7,9-10,12-13,15,22,24H,3-5,8,11,14H2,1-2H3,(H2,23,26);4-6,8-11,18,20H,7,12-13H2,1-3H3;4-5,7-10,13,19-20H,6,11-12H2,1-3H3. The van der Waals surface area contributed by atoms with Crippen LogP contribution in [0.15, 0.2) is 237 Å². The number of para-hydroxylation sites is 5. The quantitative estimate of drug-likeness (QED) is 0.0157. The molecule has 5 atom stereocenters. The van der Waals surface area contributed by atoms with Gasteiger partial charge in [0.2, 0.25) is 5.91 Å². The van der Waals surface area contributed by atoms with E-state index < -0.39 is 50.1 Å². The van der Waals surface area contributed by atoms with Gasteiger partial charge in [0.25, 0.3) is 50.1 Å². The van der Waals surface area contributed by atoms with E-state index in [-0.39, 0.29) is 48.1 Å². The molecular formula is C108H141N11O17S5. The van der Waals surface area contributed by atoms with Crippen molar-refractivity contribution < 1.29 is 75.4 Å². The molecule has 5 heterocycles. The van der Waals surface area contributed by atoms with Crippen LogP contribution in [0.5, 0.6) is 0 Å². The molecule has 5 aliphatic rings. The van der Waals surface area contributed by atoms with Gasteiger partial charge in [-0.25, -0.2) is 42.1 Å². The summed E-state index contributed by atoms with van der Waals surface area (Å²) in [5.41, 5.74) is 22.2. The third-order valence-electron chi connectivity index (χ3n) is 26.0. The van der Waals surface area contributed by atoms with Crippen LogP contribution >= 0.6 is 0 Å². The van der Waals surface area contributed by atoms with E-state index in [9.17, 15) is 56.5 Å². The summed E-state index contributed by atoms with van der Waals surface area (Å²) in [6, 6.07) is 65.3. The van der Waals surface area contributed by atoms with Gasteiger partial charge in [-0.05, 0) is 265 Å². The van der Waals surface area contributed by atoms with Crippen LogP contribution in [0.2, 0.25) is 0 Å². The molecule has 0 saturated carbocycles. The van der Waals surface area contributed by atoms with Gasteiger partial charge in [0.05, 0.1) is 96.3 Å². The zero-order valence-electron chi connectivity index (χ0n) is 83.8. The molecule has 1 amide bonds. The molecule has 0 saturated heterocycles. The molecule has 10 aromatic carbocycles. The van der Waals surface area contributed by atoms with Crippen molar-refractivity contribution >= 4 is 96.4 Å². The van der Waals surface area contributed by atoms with Crippen LogP contribution in [0.3, 0.4) is 0 Å². The maximum Gasteiger partial charge on any atom is 0.305 e.